The molecule has 28 heavy (non-hydrogen) atoms. The van der Waals surface area contributed by atoms with Gasteiger partial charge < -0.3 is 19.3 Å². The summed E-state index contributed by atoms with van der Waals surface area (Å²) >= 11 is 5.88. The Morgan fingerprint density at radius 3 is 2.32 bits per heavy atom. The van der Waals surface area contributed by atoms with Crippen molar-refractivity contribution < 1.29 is 19.3 Å². The van der Waals surface area contributed by atoms with Gasteiger partial charge in [0, 0.05) is 24.2 Å². The normalized spacial score (nSPS) is 13.2. The van der Waals surface area contributed by atoms with Gasteiger partial charge in [-0.1, -0.05) is 24.6 Å². The van der Waals surface area contributed by atoms with Gasteiger partial charge in [-0.2, -0.15) is 0 Å². The Balaban J connectivity index is 1.99. The van der Waals surface area contributed by atoms with E-state index in [1.807, 2.05) is 18.2 Å². The lowest BCUT2D eigenvalue weighted by atomic mass is 10.1. The average molecular weight is 408 g/mol. The van der Waals surface area contributed by atoms with Crippen LogP contribution in [0.1, 0.15) is 25.8 Å². The second kappa shape index (κ2) is 11.1. The third-order valence-electron chi connectivity index (χ3n) is 4.75. The Hall–Kier alpha value is -1.95. The summed E-state index contributed by atoms with van der Waals surface area (Å²) in [4.78, 5) is 2.25. The van der Waals surface area contributed by atoms with E-state index in [0.29, 0.717) is 41.4 Å². The lowest BCUT2D eigenvalue weighted by Gasteiger charge is -2.30. The third kappa shape index (κ3) is 6.59. The highest BCUT2D eigenvalue weighted by Gasteiger charge is 2.18. The van der Waals surface area contributed by atoms with E-state index in [4.69, 9.17) is 25.8 Å². The van der Waals surface area contributed by atoms with Crippen LogP contribution in [0.2, 0.25) is 5.02 Å². The minimum Gasteiger partial charge on any atom is -0.493 e. The number of hydrogen-bond acceptors (Lipinski definition) is 5. The van der Waals surface area contributed by atoms with Crippen molar-refractivity contribution in [3.63, 3.8) is 0 Å². The minimum atomic E-state index is -0.607. The molecule has 0 amide bonds. The van der Waals surface area contributed by atoms with E-state index in [9.17, 15) is 5.11 Å². The Morgan fingerprint density at radius 2 is 1.71 bits per heavy atom. The van der Waals surface area contributed by atoms with Crippen molar-refractivity contribution >= 4 is 11.6 Å². The molecule has 0 aromatic heterocycles. The van der Waals surface area contributed by atoms with Crippen molar-refractivity contribution in [3.8, 4) is 17.2 Å². The highest BCUT2D eigenvalue weighted by molar-refractivity contribution is 6.30. The molecule has 2 rings (SSSR count). The Morgan fingerprint density at radius 1 is 1.04 bits per heavy atom. The molecular formula is C22H30ClNO4. The molecule has 0 aliphatic rings. The number of nitrogens with zero attached hydrogens (tertiary/aromatic N) is 1. The number of methoxy groups -OCH3 is 2. The first-order valence-corrected chi connectivity index (χ1v) is 9.86. The van der Waals surface area contributed by atoms with E-state index >= 15 is 0 Å². The third-order valence-corrected chi connectivity index (χ3v) is 5.00. The van der Waals surface area contributed by atoms with E-state index in [2.05, 4.69) is 18.7 Å². The lowest BCUT2D eigenvalue weighted by Crippen LogP contribution is -2.40. The molecule has 0 aliphatic carbocycles. The summed E-state index contributed by atoms with van der Waals surface area (Å²) in [6.07, 6.45) is 0.378. The average Bonchev–Trinajstić information content (AvgIpc) is 2.72. The largest absolute Gasteiger partial charge is 0.493 e. The van der Waals surface area contributed by atoms with Crippen LogP contribution in [0.5, 0.6) is 17.2 Å². The maximum absolute atomic E-state index is 10.5. The summed E-state index contributed by atoms with van der Waals surface area (Å²) in [7, 11) is 3.26. The second-order valence-electron chi connectivity index (χ2n) is 6.79. The molecule has 2 aromatic rings. The smallest absolute Gasteiger partial charge is 0.161 e. The van der Waals surface area contributed by atoms with Crippen molar-refractivity contribution in [2.75, 3.05) is 27.4 Å². The SMILES string of the molecule is CC[C@H](C)N(Cc1ccc(OC)c(OC)c1)C[C@@H](O)COc1ccc(Cl)cc1. The van der Waals surface area contributed by atoms with E-state index < -0.39 is 6.10 Å². The van der Waals surface area contributed by atoms with Crippen LogP contribution in [0, 0.1) is 0 Å². The molecule has 0 heterocycles. The predicted molar refractivity (Wildman–Crippen MR) is 113 cm³/mol. The predicted octanol–water partition coefficient (Wildman–Crippen LogP) is 4.40. The van der Waals surface area contributed by atoms with Gasteiger partial charge in [0.2, 0.25) is 0 Å². The molecule has 154 valence electrons. The molecular weight excluding hydrogens is 378 g/mol. The Bertz CT molecular complexity index is 723. The fraction of sp³-hybridized carbons (Fsp3) is 0.455. The zero-order valence-corrected chi connectivity index (χ0v) is 17.8. The monoisotopic (exact) mass is 407 g/mol. The zero-order chi connectivity index (χ0) is 20.5. The number of ether oxygens (including phenoxy) is 3. The number of aliphatic hydroxyl groups excluding tert-OH is 1. The second-order valence-corrected chi connectivity index (χ2v) is 7.23. The molecule has 6 heteroatoms. The number of rotatable bonds is 11. The van der Waals surface area contributed by atoms with Crippen LogP contribution in [-0.4, -0.2) is 49.5 Å². The van der Waals surface area contributed by atoms with Gasteiger partial charge in [-0.3, -0.25) is 4.90 Å². The first-order valence-electron chi connectivity index (χ1n) is 9.48. The van der Waals surface area contributed by atoms with Crippen LogP contribution in [0.3, 0.4) is 0 Å². The Kier molecular flexibility index (Phi) is 8.90. The van der Waals surface area contributed by atoms with Crippen LogP contribution in [0.4, 0.5) is 0 Å². The van der Waals surface area contributed by atoms with E-state index in [0.717, 1.165) is 12.0 Å². The summed E-state index contributed by atoms with van der Waals surface area (Å²) in [5.41, 5.74) is 1.10. The van der Waals surface area contributed by atoms with Crippen LogP contribution in [0.25, 0.3) is 0 Å². The molecule has 2 atom stereocenters. The Labute approximate surface area is 172 Å². The zero-order valence-electron chi connectivity index (χ0n) is 17.0. The van der Waals surface area contributed by atoms with Gasteiger partial charge >= 0.3 is 0 Å². The van der Waals surface area contributed by atoms with Gasteiger partial charge in [0.1, 0.15) is 18.5 Å². The van der Waals surface area contributed by atoms with Crippen molar-refractivity contribution in [2.24, 2.45) is 0 Å². The van der Waals surface area contributed by atoms with E-state index in [-0.39, 0.29) is 6.61 Å². The van der Waals surface area contributed by atoms with Crippen molar-refractivity contribution in [3.05, 3.63) is 53.1 Å². The van der Waals surface area contributed by atoms with Gasteiger partial charge in [0.25, 0.3) is 0 Å². The summed E-state index contributed by atoms with van der Waals surface area (Å²) in [5, 5.41) is 11.2. The topological polar surface area (TPSA) is 51.2 Å². The van der Waals surface area contributed by atoms with Gasteiger partial charge in [0.15, 0.2) is 11.5 Å². The molecule has 5 nitrogen and oxygen atoms in total. The number of halogens is 1. The fourth-order valence-corrected chi connectivity index (χ4v) is 3.04. The molecule has 0 unspecified atom stereocenters. The van der Waals surface area contributed by atoms with Crippen LogP contribution < -0.4 is 14.2 Å². The highest BCUT2D eigenvalue weighted by Crippen LogP contribution is 2.28. The van der Waals surface area contributed by atoms with Crippen LogP contribution in [-0.2, 0) is 6.54 Å². The molecule has 0 spiro atoms. The molecule has 0 aliphatic heterocycles. The quantitative estimate of drug-likeness (QED) is 0.598. The van der Waals surface area contributed by atoms with Crippen molar-refractivity contribution in [1.29, 1.82) is 0 Å². The van der Waals surface area contributed by atoms with Crippen molar-refractivity contribution in [2.45, 2.75) is 39.0 Å². The molecule has 0 saturated carbocycles. The lowest BCUT2D eigenvalue weighted by molar-refractivity contribution is 0.0506. The standard InChI is InChI=1S/C22H30ClNO4/c1-5-16(2)24(13-17-6-11-21(26-3)22(12-17)27-4)14-19(25)15-28-20-9-7-18(23)8-10-20/h6-12,16,19,25H,5,13-15H2,1-4H3/t16-,19+/m0/s1. The van der Waals surface area contributed by atoms with Crippen molar-refractivity contribution in [1.82, 2.24) is 4.90 Å². The maximum Gasteiger partial charge on any atom is 0.161 e. The number of benzene rings is 2. The van der Waals surface area contributed by atoms with E-state index in [1.54, 1.807) is 38.5 Å². The van der Waals surface area contributed by atoms with Crippen LogP contribution in [0.15, 0.2) is 42.5 Å². The minimum absolute atomic E-state index is 0.223. The van der Waals surface area contributed by atoms with Crippen LogP contribution >= 0.6 is 11.6 Å². The molecule has 0 saturated heterocycles. The molecule has 0 fully saturated rings. The summed E-state index contributed by atoms with van der Waals surface area (Å²) in [5.74, 6) is 2.10. The summed E-state index contributed by atoms with van der Waals surface area (Å²) in [6.45, 7) is 5.74. The number of hydrogen-bond donors (Lipinski definition) is 1. The van der Waals surface area contributed by atoms with E-state index in [1.165, 1.54) is 0 Å². The van der Waals surface area contributed by atoms with Gasteiger partial charge in [-0.15, -0.1) is 0 Å². The molecule has 0 bridgehead atoms. The molecule has 2 aromatic carbocycles. The molecule has 0 radical (unpaired) electrons. The highest BCUT2D eigenvalue weighted by atomic mass is 35.5. The summed E-state index contributed by atoms with van der Waals surface area (Å²) < 4.78 is 16.4. The molecule has 1 N–H and O–H groups in total. The first kappa shape index (κ1) is 22.3. The fourth-order valence-electron chi connectivity index (χ4n) is 2.92. The number of aliphatic hydroxyl groups is 1. The maximum atomic E-state index is 10.5. The van der Waals surface area contributed by atoms with Gasteiger partial charge in [0.05, 0.1) is 14.2 Å². The van der Waals surface area contributed by atoms with Gasteiger partial charge in [-0.05, 0) is 55.3 Å². The van der Waals surface area contributed by atoms with Gasteiger partial charge in [-0.25, -0.2) is 0 Å². The summed E-state index contributed by atoms with van der Waals surface area (Å²) in [6, 6.07) is 13.4. The first-order chi connectivity index (χ1) is 13.5.